The number of methoxy groups -OCH3 is 1. The van der Waals surface area contributed by atoms with Crippen LogP contribution >= 0.6 is 24.8 Å². The van der Waals surface area contributed by atoms with Crippen molar-refractivity contribution in [2.75, 3.05) is 21.2 Å². The molecule has 8 heteroatoms. The Balaban J connectivity index is 0.00000181. The van der Waals surface area contributed by atoms with Gasteiger partial charge in [-0.05, 0) is 62.1 Å². The fourth-order valence-electron chi connectivity index (χ4n) is 3.35. The number of halogens is 2. The number of hydrogen-bond acceptors (Lipinski definition) is 5. The van der Waals surface area contributed by atoms with Crippen LogP contribution in [0.2, 0.25) is 0 Å². The first-order valence-electron chi connectivity index (χ1n) is 9.85. The maximum atomic E-state index is 5.29. The summed E-state index contributed by atoms with van der Waals surface area (Å²) in [4.78, 5) is 11.5. The van der Waals surface area contributed by atoms with E-state index in [2.05, 4.69) is 48.2 Å². The summed E-state index contributed by atoms with van der Waals surface area (Å²) in [6.07, 6.45) is 1.80. The van der Waals surface area contributed by atoms with Crippen molar-refractivity contribution < 1.29 is 4.74 Å². The van der Waals surface area contributed by atoms with Gasteiger partial charge in [-0.1, -0.05) is 24.3 Å². The van der Waals surface area contributed by atoms with Crippen LogP contribution in [0.3, 0.4) is 0 Å². The Kier molecular flexibility index (Phi) is 9.20. The first-order valence-corrected chi connectivity index (χ1v) is 9.85. The zero-order valence-corrected chi connectivity index (χ0v) is 19.9. The molecule has 0 unspecified atom stereocenters. The molecule has 6 nitrogen and oxygen atoms in total. The van der Waals surface area contributed by atoms with Gasteiger partial charge in [0, 0.05) is 23.9 Å². The Morgan fingerprint density at radius 3 is 2.34 bits per heavy atom. The van der Waals surface area contributed by atoms with Crippen LogP contribution in [0.25, 0.3) is 22.8 Å². The summed E-state index contributed by atoms with van der Waals surface area (Å²) in [6, 6.07) is 22.2. The lowest BCUT2D eigenvalue weighted by atomic mass is 10.1. The van der Waals surface area contributed by atoms with E-state index in [4.69, 9.17) is 14.8 Å². The summed E-state index contributed by atoms with van der Waals surface area (Å²) in [7, 11) is 5.79. The summed E-state index contributed by atoms with van der Waals surface area (Å²) >= 11 is 0. The van der Waals surface area contributed by atoms with Crippen molar-refractivity contribution in [2.45, 2.75) is 13.1 Å². The van der Waals surface area contributed by atoms with Crippen molar-refractivity contribution in [3.63, 3.8) is 0 Å². The van der Waals surface area contributed by atoms with Crippen molar-refractivity contribution in [1.29, 1.82) is 0 Å². The molecule has 2 aromatic carbocycles. The molecule has 0 atom stereocenters. The van der Waals surface area contributed by atoms with Crippen LogP contribution in [0.1, 0.15) is 11.3 Å². The number of ether oxygens (including phenoxy) is 1. The van der Waals surface area contributed by atoms with Crippen LogP contribution in [0, 0.1) is 0 Å². The molecule has 168 valence electrons. The Morgan fingerprint density at radius 2 is 1.69 bits per heavy atom. The van der Waals surface area contributed by atoms with E-state index in [0.29, 0.717) is 12.4 Å². The molecule has 0 bridgehead atoms. The average Bonchev–Trinajstić information content (AvgIpc) is 3.18. The second-order valence-electron chi connectivity index (χ2n) is 7.40. The van der Waals surface area contributed by atoms with E-state index < -0.39 is 0 Å². The van der Waals surface area contributed by atoms with E-state index in [0.717, 1.165) is 34.9 Å². The largest absolute Gasteiger partial charge is 0.497 e. The minimum atomic E-state index is 0. The molecule has 0 radical (unpaired) electrons. The van der Waals surface area contributed by atoms with Gasteiger partial charge in [-0.25, -0.2) is 9.67 Å². The monoisotopic (exact) mass is 471 g/mol. The van der Waals surface area contributed by atoms with E-state index >= 15 is 0 Å². The van der Waals surface area contributed by atoms with Crippen LogP contribution in [0.4, 0.5) is 0 Å². The lowest BCUT2D eigenvalue weighted by Crippen LogP contribution is -2.10. The number of benzene rings is 2. The number of pyridine rings is 1. The molecular weight excluding hydrogens is 445 g/mol. The fourth-order valence-corrected chi connectivity index (χ4v) is 3.35. The number of hydrogen-bond donors (Lipinski definition) is 0. The molecule has 32 heavy (non-hydrogen) atoms. The summed E-state index contributed by atoms with van der Waals surface area (Å²) in [6.45, 7) is 1.42. The molecule has 4 aromatic rings. The van der Waals surface area contributed by atoms with Gasteiger partial charge in [0.2, 0.25) is 0 Å². The van der Waals surface area contributed by atoms with Crippen molar-refractivity contribution in [2.24, 2.45) is 0 Å². The van der Waals surface area contributed by atoms with E-state index in [-0.39, 0.29) is 24.8 Å². The van der Waals surface area contributed by atoms with Gasteiger partial charge < -0.3 is 9.64 Å². The molecule has 0 aliphatic carbocycles. The Bertz CT molecular complexity index is 1110. The van der Waals surface area contributed by atoms with Crippen molar-refractivity contribution in [3.05, 3.63) is 84.2 Å². The van der Waals surface area contributed by atoms with Crippen LogP contribution in [-0.2, 0) is 13.1 Å². The van der Waals surface area contributed by atoms with Crippen LogP contribution in [-0.4, -0.2) is 45.9 Å². The third-order valence-corrected chi connectivity index (χ3v) is 4.74. The lowest BCUT2D eigenvalue weighted by Gasteiger charge is -2.09. The smallest absolute Gasteiger partial charge is 0.181 e. The van der Waals surface area contributed by atoms with Gasteiger partial charge in [-0.2, -0.15) is 5.10 Å². The van der Waals surface area contributed by atoms with Gasteiger partial charge in [-0.15, -0.1) is 24.8 Å². The van der Waals surface area contributed by atoms with Gasteiger partial charge in [0.25, 0.3) is 0 Å². The molecule has 0 aliphatic heterocycles. The SMILES string of the molecule is COc1ccc(-c2nc(-c3cccc(CN(C)C)c3)nn2Cc2ccccn2)cc1.Cl.Cl. The zero-order valence-electron chi connectivity index (χ0n) is 18.3. The summed E-state index contributed by atoms with van der Waals surface area (Å²) in [5.41, 5.74) is 4.15. The second kappa shape index (κ2) is 11.6. The summed E-state index contributed by atoms with van der Waals surface area (Å²) in [5.74, 6) is 2.32. The molecule has 0 aliphatic rings. The minimum Gasteiger partial charge on any atom is -0.497 e. The average molecular weight is 472 g/mol. The van der Waals surface area contributed by atoms with Crippen LogP contribution in [0.5, 0.6) is 5.75 Å². The molecule has 2 heterocycles. The third kappa shape index (κ3) is 6.07. The van der Waals surface area contributed by atoms with E-state index in [9.17, 15) is 0 Å². The Hall–Kier alpha value is -2.93. The predicted molar refractivity (Wildman–Crippen MR) is 133 cm³/mol. The molecule has 0 saturated carbocycles. The predicted octanol–water partition coefficient (Wildman–Crippen LogP) is 4.97. The van der Waals surface area contributed by atoms with Crippen molar-refractivity contribution >= 4 is 24.8 Å². The zero-order chi connectivity index (χ0) is 20.9. The van der Waals surface area contributed by atoms with Crippen molar-refractivity contribution in [1.82, 2.24) is 24.6 Å². The van der Waals surface area contributed by atoms with Crippen molar-refractivity contribution in [3.8, 4) is 28.5 Å². The number of rotatable bonds is 7. The highest BCUT2D eigenvalue weighted by Crippen LogP contribution is 2.25. The molecule has 0 amide bonds. The topological polar surface area (TPSA) is 56.1 Å². The van der Waals surface area contributed by atoms with E-state index in [1.54, 1.807) is 13.3 Å². The molecule has 0 spiro atoms. The number of nitrogens with zero attached hydrogens (tertiary/aromatic N) is 5. The standard InChI is InChI=1S/C24H25N5O.2ClH/c1-28(2)16-18-7-6-8-20(15-18)23-26-24(19-10-12-22(30-3)13-11-19)29(27-23)17-21-9-4-5-14-25-21;;/h4-15H,16-17H2,1-3H3;2*1H. The first kappa shape index (κ1) is 25.3. The highest BCUT2D eigenvalue weighted by atomic mass is 35.5. The highest BCUT2D eigenvalue weighted by molar-refractivity contribution is 5.85. The van der Waals surface area contributed by atoms with E-state index in [1.165, 1.54) is 5.56 Å². The maximum Gasteiger partial charge on any atom is 0.181 e. The Morgan fingerprint density at radius 1 is 0.906 bits per heavy atom. The molecule has 0 saturated heterocycles. The minimum absolute atomic E-state index is 0. The van der Waals surface area contributed by atoms with Gasteiger partial charge in [0.1, 0.15) is 5.75 Å². The molecular formula is C24H27Cl2N5O. The lowest BCUT2D eigenvalue weighted by molar-refractivity contribution is 0.402. The number of aromatic nitrogens is 4. The van der Waals surface area contributed by atoms with Gasteiger partial charge in [0.15, 0.2) is 11.6 Å². The summed E-state index contributed by atoms with van der Waals surface area (Å²) < 4.78 is 7.21. The molecule has 2 aromatic heterocycles. The van der Waals surface area contributed by atoms with Gasteiger partial charge >= 0.3 is 0 Å². The normalized spacial score (nSPS) is 10.4. The van der Waals surface area contributed by atoms with Gasteiger partial charge in [-0.3, -0.25) is 4.98 Å². The Labute approximate surface area is 201 Å². The summed E-state index contributed by atoms with van der Waals surface area (Å²) in [5, 5.41) is 4.84. The van der Waals surface area contributed by atoms with E-state index in [1.807, 2.05) is 47.1 Å². The first-order chi connectivity index (χ1) is 14.6. The van der Waals surface area contributed by atoms with Gasteiger partial charge in [0.05, 0.1) is 19.3 Å². The van der Waals surface area contributed by atoms with Crippen LogP contribution < -0.4 is 4.74 Å². The fraction of sp³-hybridized carbons (Fsp3) is 0.208. The third-order valence-electron chi connectivity index (χ3n) is 4.74. The second-order valence-corrected chi connectivity index (χ2v) is 7.40. The highest BCUT2D eigenvalue weighted by Gasteiger charge is 2.15. The van der Waals surface area contributed by atoms with Crippen LogP contribution in [0.15, 0.2) is 72.9 Å². The quantitative estimate of drug-likeness (QED) is 0.380. The molecule has 4 rings (SSSR count). The molecule has 0 fully saturated rings. The maximum absolute atomic E-state index is 5.29. The molecule has 0 N–H and O–H groups in total.